The summed E-state index contributed by atoms with van der Waals surface area (Å²) in [4.78, 5) is 24.8. The summed E-state index contributed by atoms with van der Waals surface area (Å²) in [6.45, 7) is 5.56. The standard InChI is InChI=1S/C17H23NO5/c1-17(2,3)23-15(19)11-18-10-13(9-14(18)16(20)21)22-12-7-5-4-6-8-12/h4-8,13-14H,9-11H2,1-3H3,(H,20,21)/p-1/t13-,14-/m0/s1. The number of carboxylic acids is 1. The second kappa shape index (κ2) is 7.00. The number of aliphatic carboxylic acids is 1. The second-order valence-corrected chi connectivity index (χ2v) is 6.64. The Morgan fingerprint density at radius 3 is 2.48 bits per heavy atom. The van der Waals surface area contributed by atoms with Crippen molar-refractivity contribution in [2.45, 2.75) is 44.9 Å². The van der Waals surface area contributed by atoms with Gasteiger partial charge in [0.05, 0.1) is 18.6 Å². The van der Waals surface area contributed by atoms with E-state index in [9.17, 15) is 14.7 Å². The van der Waals surface area contributed by atoms with E-state index < -0.39 is 23.6 Å². The van der Waals surface area contributed by atoms with Gasteiger partial charge in [0.1, 0.15) is 17.5 Å². The van der Waals surface area contributed by atoms with Crippen LogP contribution in [0.1, 0.15) is 27.2 Å². The Morgan fingerprint density at radius 2 is 1.91 bits per heavy atom. The van der Waals surface area contributed by atoms with Crippen molar-refractivity contribution < 1.29 is 24.2 Å². The van der Waals surface area contributed by atoms with Crippen LogP contribution < -0.4 is 9.84 Å². The van der Waals surface area contributed by atoms with Gasteiger partial charge in [0.2, 0.25) is 0 Å². The molecule has 1 aromatic rings. The van der Waals surface area contributed by atoms with Gasteiger partial charge in [-0.05, 0) is 32.9 Å². The molecular weight excluding hydrogens is 298 g/mol. The molecule has 0 amide bonds. The Morgan fingerprint density at radius 1 is 1.26 bits per heavy atom. The number of esters is 1. The highest BCUT2D eigenvalue weighted by molar-refractivity contribution is 5.76. The van der Waals surface area contributed by atoms with Gasteiger partial charge in [-0.1, -0.05) is 18.2 Å². The molecule has 0 N–H and O–H groups in total. The van der Waals surface area contributed by atoms with Crippen LogP contribution in [0.15, 0.2) is 30.3 Å². The zero-order valence-electron chi connectivity index (χ0n) is 13.7. The average molecular weight is 320 g/mol. The number of rotatable bonds is 5. The predicted octanol–water partition coefficient (Wildman–Crippen LogP) is 0.600. The third-order valence-electron chi connectivity index (χ3n) is 3.44. The molecule has 6 heteroatoms. The summed E-state index contributed by atoms with van der Waals surface area (Å²) >= 11 is 0. The largest absolute Gasteiger partial charge is 0.548 e. The first-order valence-corrected chi connectivity index (χ1v) is 7.63. The van der Waals surface area contributed by atoms with E-state index in [0.717, 1.165) is 0 Å². The normalized spacial score (nSPS) is 21.9. The molecular formula is C17H22NO5-. The third-order valence-corrected chi connectivity index (χ3v) is 3.44. The van der Waals surface area contributed by atoms with Gasteiger partial charge in [-0.25, -0.2) is 0 Å². The molecule has 1 aromatic carbocycles. The highest BCUT2D eigenvalue weighted by atomic mass is 16.6. The average Bonchev–Trinajstić information content (AvgIpc) is 2.80. The Kier molecular flexibility index (Phi) is 5.26. The topological polar surface area (TPSA) is 78.9 Å². The molecule has 126 valence electrons. The lowest BCUT2D eigenvalue weighted by molar-refractivity contribution is -0.310. The van der Waals surface area contributed by atoms with E-state index in [1.807, 2.05) is 30.3 Å². The quantitative estimate of drug-likeness (QED) is 0.739. The van der Waals surface area contributed by atoms with E-state index in [2.05, 4.69) is 0 Å². The van der Waals surface area contributed by atoms with Crippen LogP contribution in [0, 0.1) is 0 Å². The van der Waals surface area contributed by atoms with Crippen molar-refractivity contribution in [3.63, 3.8) is 0 Å². The molecule has 2 atom stereocenters. The summed E-state index contributed by atoms with van der Waals surface area (Å²) in [5.41, 5.74) is -0.603. The number of carbonyl (C=O) groups is 2. The van der Waals surface area contributed by atoms with Crippen LogP contribution in [0.4, 0.5) is 0 Å². The number of ether oxygens (including phenoxy) is 2. The van der Waals surface area contributed by atoms with Crippen molar-refractivity contribution in [3.05, 3.63) is 30.3 Å². The van der Waals surface area contributed by atoms with Crippen molar-refractivity contribution in [1.82, 2.24) is 4.90 Å². The first-order chi connectivity index (χ1) is 10.7. The van der Waals surface area contributed by atoms with E-state index in [1.165, 1.54) is 4.90 Å². The summed E-state index contributed by atoms with van der Waals surface area (Å²) in [6, 6.07) is 8.34. The SMILES string of the molecule is CC(C)(C)OC(=O)CN1C[C@@H](Oc2ccccc2)C[C@H]1C(=O)[O-]. The number of hydrogen-bond acceptors (Lipinski definition) is 6. The van der Waals surface area contributed by atoms with Gasteiger partial charge in [0.15, 0.2) is 0 Å². The van der Waals surface area contributed by atoms with Gasteiger partial charge in [-0.2, -0.15) is 0 Å². The monoisotopic (exact) mass is 320 g/mol. The molecule has 0 radical (unpaired) electrons. The number of hydrogen-bond donors (Lipinski definition) is 0. The second-order valence-electron chi connectivity index (χ2n) is 6.64. The van der Waals surface area contributed by atoms with E-state index in [0.29, 0.717) is 12.3 Å². The fourth-order valence-electron chi connectivity index (χ4n) is 2.60. The maximum Gasteiger partial charge on any atom is 0.320 e. The van der Waals surface area contributed by atoms with Gasteiger partial charge >= 0.3 is 5.97 Å². The lowest BCUT2D eigenvalue weighted by Crippen LogP contribution is -2.47. The van der Waals surface area contributed by atoms with Crippen LogP contribution in [0.3, 0.4) is 0 Å². The van der Waals surface area contributed by atoms with Gasteiger partial charge in [-0.15, -0.1) is 0 Å². The molecule has 1 saturated heterocycles. The Bertz CT molecular complexity index is 552. The minimum absolute atomic E-state index is 0.0927. The van der Waals surface area contributed by atoms with E-state index in [-0.39, 0.29) is 19.1 Å². The van der Waals surface area contributed by atoms with Crippen molar-refractivity contribution in [3.8, 4) is 5.75 Å². The van der Waals surface area contributed by atoms with Crippen LogP contribution in [0.2, 0.25) is 0 Å². The molecule has 6 nitrogen and oxygen atoms in total. The van der Waals surface area contributed by atoms with Crippen LogP contribution in [-0.4, -0.2) is 47.7 Å². The summed E-state index contributed by atoms with van der Waals surface area (Å²) in [5.74, 6) is -0.981. The lowest BCUT2D eigenvalue weighted by Gasteiger charge is -2.26. The molecule has 0 bridgehead atoms. The Labute approximate surface area is 136 Å². The van der Waals surface area contributed by atoms with Gasteiger partial charge in [0, 0.05) is 13.0 Å². The third kappa shape index (κ3) is 5.25. The smallest absolute Gasteiger partial charge is 0.320 e. The van der Waals surface area contributed by atoms with Gasteiger partial charge < -0.3 is 19.4 Å². The number of carboxylic acid groups (broad SMARTS) is 1. The lowest BCUT2D eigenvalue weighted by atomic mass is 10.2. The Hall–Kier alpha value is -2.08. The molecule has 0 saturated carbocycles. The van der Waals surface area contributed by atoms with E-state index >= 15 is 0 Å². The summed E-state index contributed by atoms with van der Waals surface area (Å²) in [5, 5.41) is 11.3. The van der Waals surface area contributed by atoms with Crippen LogP contribution in [0.5, 0.6) is 5.75 Å². The number of benzene rings is 1. The molecule has 2 rings (SSSR count). The van der Waals surface area contributed by atoms with Gasteiger partial charge in [0.25, 0.3) is 0 Å². The maximum absolute atomic E-state index is 11.9. The first-order valence-electron chi connectivity index (χ1n) is 7.63. The predicted molar refractivity (Wildman–Crippen MR) is 81.7 cm³/mol. The molecule has 1 aliphatic rings. The number of likely N-dealkylation sites (tertiary alicyclic amines) is 1. The number of para-hydroxylation sites is 1. The molecule has 0 unspecified atom stereocenters. The van der Waals surface area contributed by atoms with E-state index in [1.54, 1.807) is 20.8 Å². The number of nitrogens with zero attached hydrogens (tertiary/aromatic N) is 1. The summed E-state index contributed by atoms with van der Waals surface area (Å²) < 4.78 is 11.0. The molecule has 23 heavy (non-hydrogen) atoms. The fraction of sp³-hybridized carbons (Fsp3) is 0.529. The van der Waals surface area contributed by atoms with Crippen molar-refractivity contribution in [2.75, 3.05) is 13.1 Å². The molecule has 0 spiro atoms. The summed E-state index contributed by atoms with van der Waals surface area (Å²) in [7, 11) is 0. The highest BCUT2D eigenvalue weighted by Crippen LogP contribution is 2.23. The van der Waals surface area contributed by atoms with E-state index in [4.69, 9.17) is 9.47 Å². The Balaban J connectivity index is 1.98. The minimum Gasteiger partial charge on any atom is -0.548 e. The van der Waals surface area contributed by atoms with Crippen molar-refractivity contribution in [2.24, 2.45) is 0 Å². The molecule has 0 aromatic heterocycles. The molecule has 0 aliphatic carbocycles. The maximum atomic E-state index is 11.9. The van der Waals surface area contributed by atoms with Crippen molar-refractivity contribution in [1.29, 1.82) is 0 Å². The van der Waals surface area contributed by atoms with Crippen LogP contribution in [-0.2, 0) is 14.3 Å². The molecule has 1 aliphatic heterocycles. The zero-order valence-corrected chi connectivity index (χ0v) is 13.7. The van der Waals surface area contributed by atoms with Crippen LogP contribution >= 0.6 is 0 Å². The van der Waals surface area contributed by atoms with Crippen molar-refractivity contribution >= 4 is 11.9 Å². The fourth-order valence-corrected chi connectivity index (χ4v) is 2.60. The zero-order chi connectivity index (χ0) is 17.0. The first kappa shape index (κ1) is 17.3. The highest BCUT2D eigenvalue weighted by Gasteiger charge is 2.36. The number of carbonyl (C=O) groups excluding carboxylic acids is 2. The van der Waals surface area contributed by atoms with Crippen LogP contribution in [0.25, 0.3) is 0 Å². The molecule has 1 fully saturated rings. The minimum atomic E-state index is -1.20. The molecule has 1 heterocycles. The van der Waals surface area contributed by atoms with Gasteiger partial charge in [-0.3, -0.25) is 9.69 Å². The summed E-state index contributed by atoms with van der Waals surface area (Å²) in [6.07, 6.45) is -0.0252.